The molecule has 0 amide bonds. The highest BCUT2D eigenvalue weighted by Crippen LogP contribution is 2.44. The largest absolute Gasteiger partial charge is 0.497 e. The smallest absolute Gasteiger partial charge is 0.162 e. The molecule has 4 aromatic rings. The van der Waals surface area contributed by atoms with Crippen LogP contribution in [0.15, 0.2) is 60.7 Å². The Morgan fingerprint density at radius 1 is 0.645 bits per heavy atom. The van der Waals surface area contributed by atoms with Crippen molar-refractivity contribution >= 4 is 33.6 Å². The zero-order valence-corrected chi connectivity index (χ0v) is 18.8. The number of hydrogen-bond acceptors (Lipinski definition) is 5. The van der Waals surface area contributed by atoms with Gasteiger partial charge in [0, 0.05) is 26.6 Å². The summed E-state index contributed by atoms with van der Waals surface area (Å²) in [6, 6.07) is 20.2. The summed E-state index contributed by atoms with van der Waals surface area (Å²) in [5.41, 5.74) is 3.37. The standard InChI is InChI=1S/C26H24O4S/c1-27-19-10-5-17(6-11-19)7-14-21-22-15-23(29-3)24(30-4)16-25(22)31-26(21)18-8-12-20(28-2)13-9-18/h5-16H,1-4H3/b14-7+. The average molecular weight is 433 g/mol. The second-order valence-corrected chi connectivity index (χ2v) is 7.94. The molecule has 0 N–H and O–H groups in total. The molecular formula is C26H24O4S. The van der Waals surface area contributed by atoms with Crippen molar-refractivity contribution in [1.29, 1.82) is 0 Å². The van der Waals surface area contributed by atoms with Crippen LogP contribution in [0, 0.1) is 0 Å². The second kappa shape index (κ2) is 9.14. The Labute approximate surface area is 186 Å². The number of benzene rings is 3. The number of methoxy groups -OCH3 is 4. The maximum atomic E-state index is 5.56. The fourth-order valence-electron chi connectivity index (χ4n) is 3.46. The van der Waals surface area contributed by atoms with Crippen LogP contribution in [0.4, 0.5) is 0 Å². The van der Waals surface area contributed by atoms with E-state index in [1.165, 1.54) is 4.88 Å². The summed E-state index contributed by atoms with van der Waals surface area (Å²) in [7, 11) is 6.67. The fraction of sp³-hybridized carbons (Fsp3) is 0.154. The minimum Gasteiger partial charge on any atom is -0.497 e. The zero-order valence-electron chi connectivity index (χ0n) is 18.0. The third-order valence-corrected chi connectivity index (χ3v) is 6.36. The topological polar surface area (TPSA) is 36.9 Å². The highest BCUT2D eigenvalue weighted by Gasteiger charge is 2.16. The summed E-state index contributed by atoms with van der Waals surface area (Å²) >= 11 is 1.73. The van der Waals surface area contributed by atoms with Crippen LogP contribution in [0.25, 0.3) is 32.7 Å². The normalized spacial score (nSPS) is 11.1. The minimum absolute atomic E-state index is 0.716. The summed E-state index contributed by atoms with van der Waals surface area (Å²) in [6.45, 7) is 0. The predicted molar refractivity (Wildman–Crippen MR) is 129 cm³/mol. The molecule has 0 aliphatic heterocycles. The molecule has 0 unspecified atom stereocenters. The van der Waals surface area contributed by atoms with Gasteiger partial charge in [-0.25, -0.2) is 0 Å². The van der Waals surface area contributed by atoms with E-state index in [1.54, 1.807) is 39.8 Å². The molecule has 1 aromatic heterocycles. The molecule has 0 aliphatic rings. The lowest BCUT2D eigenvalue weighted by Crippen LogP contribution is -1.89. The molecule has 158 valence electrons. The van der Waals surface area contributed by atoms with E-state index in [0.29, 0.717) is 5.75 Å². The molecule has 3 aromatic carbocycles. The Morgan fingerprint density at radius 2 is 1.23 bits per heavy atom. The molecule has 0 bridgehead atoms. The van der Waals surface area contributed by atoms with E-state index in [4.69, 9.17) is 18.9 Å². The van der Waals surface area contributed by atoms with E-state index in [-0.39, 0.29) is 0 Å². The lowest BCUT2D eigenvalue weighted by atomic mass is 10.0. The van der Waals surface area contributed by atoms with Crippen molar-refractivity contribution in [3.63, 3.8) is 0 Å². The molecule has 5 heteroatoms. The van der Waals surface area contributed by atoms with Crippen LogP contribution in [-0.4, -0.2) is 28.4 Å². The van der Waals surface area contributed by atoms with E-state index in [1.807, 2.05) is 48.5 Å². The molecule has 0 saturated heterocycles. The molecule has 0 atom stereocenters. The summed E-state index contributed by atoms with van der Waals surface area (Å²) in [4.78, 5) is 1.18. The van der Waals surface area contributed by atoms with Crippen molar-refractivity contribution in [1.82, 2.24) is 0 Å². The van der Waals surface area contributed by atoms with Gasteiger partial charge in [-0.1, -0.05) is 24.3 Å². The lowest BCUT2D eigenvalue weighted by molar-refractivity contribution is 0.356. The van der Waals surface area contributed by atoms with Gasteiger partial charge in [-0.3, -0.25) is 0 Å². The van der Waals surface area contributed by atoms with Gasteiger partial charge >= 0.3 is 0 Å². The highest BCUT2D eigenvalue weighted by molar-refractivity contribution is 7.22. The maximum absolute atomic E-state index is 5.56. The minimum atomic E-state index is 0.716. The predicted octanol–water partition coefficient (Wildman–Crippen LogP) is 6.77. The SMILES string of the molecule is COc1ccc(/C=C/c2c(-c3ccc(OC)cc3)sc3cc(OC)c(OC)cc23)cc1. The monoisotopic (exact) mass is 432 g/mol. The van der Waals surface area contributed by atoms with Gasteiger partial charge in [-0.15, -0.1) is 11.3 Å². The Kier molecular flexibility index (Phi) is 6.14. The van der Waals surface area contributed by atoms with Crippen LogP contribution >= 0.6 is 11.3 Å². The van der Waals surface area contributed by atoms with E-state index in [0.717, 1.165) is 44.0 Å². The zero-order chi connectivity index (χ0) is 21.8. The molecule has 0 saturated carbocycles. The maximum Gasteiger partial charge on any atom is 0.162 e. The van der Waals surface area contributed by atoms with Crippen molar-refractivity contribution in [3.8, 4) is 33.4 Å². The first-order valence-electron chi connectivity index (χ1n) is 9.82. The van der Waals surface area contributed by atoms with Gasteiger partial charge in [0.15, 0.2) is 11.5 Å². The second-order valence-electron chi connectivity index (χ2n) is 6.88. The first-order chi connectivity index (χ1) is 15.2. The number of thiophene rings is 1. The molecule has 0 fully saturated rings. The Bertz CT molecular complexity index is 1210. The van der Waals surface area contributed by atoms with E-state index in [9.17, 15) is 0 Å². The van der Waals surface area contributed by atoms with Gasteiger partial charge in [0.1, 0.15) is 11.5 Å². The molecule has 0 spiro atoms. The summed E-state index contributed by atoms with van der Waals surface area (Å²) < 4.78 is 22.8. The Morgan fingerprint density at radius 3 is 1.81 bits per heavy atom. The van der Waals surface area contributed by atoms with Crippen LogP contribution in [0.2, 0.25) is 0 Å². The van der Waals surface area contributed by atoms with Crippen LogP contribution in [0.3, 0.4) is 0 Å². The van der Waals surface area contributed by atoms with E-state index < -0.39 is 0 Å². The molecule has 0 radical (unpaired) electrons. The fourth-order valence-corrected chi connectivity index (χ4v) is 4.67. The van der Waals surface area contributed by atoms with Gasteiger partial charge in [0.25, 0.3) is 0 Å². The van der Waals surface area contributed by atoms with Gasteiger partial charge in [0.05, 0.1) is 28.4 Å². The number of rotatable bonds is 7. The van der Waals surface area contributed by atoms with Crippen LogP contribution in [-0.2, 0) is 0 Å². The van der Waals surface area contributed by atoms with Crippen molar-refractivity contribution in [2.45, 2.75) is 0 Å². The average Bonchev–Trinajstić information content (AvgIpc) is 3.19. The summed E-state index contributed by atoms with van der Waals surface area (Å²) in [5.74, 6) is 3.12. The van der Waals surface area contributed by atoms with Gasteiger partial charge < -0.3 is 18.9 Å². The third-order valence-electron chi connectivity index (χ3n) is 5.14. The summed E-state index contributed by atoms with van der Waals surface area (Å²) in [5, 5.41) is 1.12. The van der Waals surface area contributed by atoms with E-state index in [2.05, 4.69) is 24.3 Å². The number of fused-ring (bicyclic) bond motifs is 1. The van der Waals surface area contributed by atoms with Crippen molar-refractivity contribution in [2.75, 3.05) is 28.4 Å². The molecule has 0 aliphatic carbocycles. The highest BCUT2D eigenvalue weighted by atomic mass is 32.1. The van der Waals surface area contributed by atoms with Crippen LogP contribution < -0.4 is 18.9 Å². The quantitative estimate of drug-likeness (QED) is 0.323. The van der Waals surface area contributed by atoms with Gasteiger partial charge in [-0.05, 0) is 53.6 Å². The van der Waals surface area contributed by atoms with Crippen LogP contribution in [0.1, 0.15) is 11.1 Å². The van der Waals surface area contributed by atoms with Crippen molar-refractivity contribution in [3.05, 3.63) is 71.8 Å². The number of hydrogen-bond donors (Lipinski definition) is 0. The Balaban J connectivity index is 1.86. The number of ether oxygens (including phenoxy) is 4. The first-order valence-corrected chi connectivity index (χ1v) is 10.6. The molecule has 31 heavy (non-hydrogen) atoms. The molecular weight excluding hydrogens is 408 g/mol. The molecule has 1 heterocycles. The molecule has 4 nitrogen and oxygen atoms in total. The van der Waals surface area contributed by atoms with Crippen LogP contribution in [0.5, 0.6) is 23.0 Å². The molecule has 4 rings (SSSR count). The van der Waals surface area contributed by atoms with E-state index >= 15 is 0 Å². The van der Waals surface area contributed by atoms with Crippen molar-refractivity contribution < 1.29 is 18.9 Å². The van der Waals surface area contributed by atoms with Gasteiger partial charge in [0.2, 0.25) is 0 Å². The Hall–Kier alpha value is -3.44. The lowest BCUT2D eigenvalue weighted by Gasteiger charge is -2.07. The third kappa shape index (κ3) is 4.23. The van der Waals surface area contributed by atoms with Crippen molar-refractivity contribution in [2.24, 2.45) is 0 Å². The van der Waals surface area contributed by atoms with Gasteiger partial charge in [-0.2, -0.15) is 0 Å². The first kappa shape index (κ1) is 20.8. The summed E-state index contributed by atoms with van der Waals surface area (Å²) in [6.07, 6.45) is 4.27.